The molecule has 0 spiro atoms. The van der Waals surface area contributed by atoms with E-state index in [0.29, 0.717) is 0 Å². The Balaban J connectivity index is 2.11. The second kappa shape index (κ2) is 5.65. The summed E-state index contributed by atoms with van der Waals surface area (Å²) in [4.78, 5) is 6.48. The number of aromatic nitrogens is 1. The standard InChI is InChI=1S/C13H12Br2N2/c1-17(13-6-5-12(15)8-16-13)9-10-3-2-4-11(14)7-10/h2-8H,9H2,1H3. The maximum atomic E-state index is 4.36. The van der Waals surface area contributed by atoms with Crippen LogP contribution in [-0.4, -0.2) is 12.0 Å². The predicted molar refractivity (Wildman–Crippen MR) is 78.2 cm³/mol. The molecule has 0 saturated carbocycles. The van der Waals surface area contributed by atoms with Gasteiger partial charge in [-0.2, -0.15) is 0 Å². The van der Waals surface area contributed by atoms with Gasteiger partial charge in [-0.05, 0) is 45.8 Å². The Labute approximate surface area is 118 Å². The van der Waals surface area contributed by atoms with E-state index in [2.05, 4.69) is 53.9 Å². The van der Waals surface area contributed by atoms with E-state index in [1.165, 1.54) is 5.56 Å². The number of anilines is 1. The zero-order chi connectivity index (χ0) is 12.3. The van der Waals surface area contributed by atoms with Gasteiger partial charge in [-0.25, -0.2) is 4.98 Å². The van der Waals surface area contributed by atoms with Crippen molar-refractivity contribution in [1.29, 1.82) is 0 Å². The molecule has 2 aromatic rings. The minimum absolute atomic E-state index is 0.841. The number of nitrogens with zero attached hydrogens (tertiary/aromatic N) is 2. The third-order valence-corrected chi connectivity index (χ3v) is 3.37. The third kappa shape index (κ3) is 3.54. The van der Waals surface area contributed by atoms with Gasteiger partial charge in [0.15, 0.2) is 0 Å². The minimum atomic E-state index is 0.841. The van der Waals surface area contributed by atoms with Gasteiger partial charge in [-0.15, -0.1) is 0 Å². The molecule has 0 N–H and O–H groups in total. The van der Waals surface area contributed by atoms with E-state index in [9.17, 15) is 0 Å². The molecule has 0 atom stereocenters. The highest BCUT2D eigenvalue weighted by Crippen LogP contribution is 2.17. The van der Waals surface area contributed by atoms with Gasteiger partial charge in [-0.1, -0.05) is 28.1 Å². The van der Waals surface area contributed by atoms with Crippen LogP contribution in [0.4, 0.5) is 5.82 Å². The fraction of sp³-hybridized carbons (Fsp3) is 0.154. The predicted octanol–water partition coefficient (Wildman–Crippen LogP) is 4.24. The molecule has 0 bridgehead atoms. The molecular weight excluding hydrogens is 344 g/mol. The van der Waals surface area contributed by atoms with E-state index in [0.717, 1.165) is 21.3 Å². The molecule has 0 aliphatic rings. The van der Waals surface area contributed by atoms with Crippen LogP contribution < -0.4 is 4.90 Å². The van der Waals surface area contributed by atoms with E-state index >= 15 is 0 Å². The van der Waals surface area contributed by atoms with E-state index in [4.69, 9.17) is 0 Å². The molecule has 0 unspecified atom stereocenters. The van der Waals surface area contributed by atoms with Crippen LogP contribution in [0.15, 0.2) is 51.5 Å². The normalized spacial score (nSPS) is 10.3. The van der Waals surface area contributed by atoms with Crippen molar-refractivity contribution in [3.05, 3.63) is 57.1 Å². The van der Waals surface area contributed by atoms with Crippen molar-refractivity contribution >= 4 is 37.7 Å². The molecule has 0 amide bonds. The molecule has 0 aliphatic heterocycles. The minimum Gasteiger partial charge on any atom is -0.355 e. The largest absolute Gasteiger partial charge is 0.355 e. The first-order chi connectivity index (χ1) is 8.15. The second-order valence-corrected chi connectivity index (χ2v) is 5.65. The van der Waals surface area contributed by atoms with Crippen LogP contribution >= 0.6 is 31.9 Å². The lowest BCUT2D eigenvalue weighted by Crippen LogP contribution is -2.17. The maximum absolute atomic E-state index is 4.36. The molecule has 17 heavy (non-hydrogen) atoms. The summed E-state index contributed by atoms with van der Waals surface area (Å²) in [6.07, 6.45) is 1.81. The second-order valence-electron chi connectivity index (χ2n) is 3.82. The highest BCUT2D eigenvalue weighted by Gasteiger charge is 2.03. The van der Waals surface area contributed by atoms with Gasteiger partial charge in [0, 0.05) is 28.7 Å². The fourth-order valence-electron chi connectivity index (χ4n) is 1.58. The topological polar surface area (TPSA) is 16.1 Å². The average molecular weight is 356 g/mol. The van der Waals surface area contributed by atoms with Gasteiger partial charge in [0.2, 0.25) is 0 Å². The van der Waals surface area contributed by atoms with Crippen molar-refractivity contribution in [2.24, 2.45) is 0 Å². The summed E-state index contributed by atoms with van der Waals surface area (Å²) in [5, 5.41) is 0. The molecular formula is C13H12Br2N2. The molecule has 2 rings (SSSR count). The Morgan fingerprint density at radius 1 is 1.12 bits per heavy atom. The van der Waals surface area contributed by atoms with Gasteiger partial charge in [0.1, 0.15) is 5.82 Å². The van der Waals surface area contributed by atoms with Gasteiger partial charge < -0.3 is 4.90 Å². The van der Waals surface area contributed by atoms with Crippen LogP contribution in [0.3, 0.4) is 0 Å². The van der Waals surface area contributed by atoms with Crippen molar-refractivity contribution in [2.75, 3.05) is 11.9 Å². The zero-order valence-corrected chi connectivity index (χ0v) is 12.6. The molecule has 1 aromatic carbocycles. The molecule has 0 fully saturated rings. The van der Waals surface area contributed by atoms with Crippen molar-refractivity contribution < 1.29 is 0 Å². The summed E-state index contributed by atoms with van der Waals surface area (Å²) in [7, 11) is 2.04. The lowest BCUT2D eigenvalue weighted by atomic mass is 10.2. The Hall–Kier alpha value is -0.870. The maximum Gasteiger partial charge on any atom is 0.128 e. The van der Waals surface area contributed by atoms with Crippen LogP contribution in [0.2, 0.25) is 0 Å². The SMILES string of the molecule is CN(Cc1cccc(Br)c1)c1ccc(Br)cn1. The van der Waals surface area contributed by atoms with Crippen molar-refractivity contribution in [3.8, 4) is 0 Å². The number of hydrogen-bond acceptors (Lipinski definition) is 2. The van der Waals surface area contributed by atoms with Gasteiger partial charge in [0.05, 0.1) is 0 Å². The summed E-state index contributed by atoms with van der Waals surface area (Å²) in [6, 6.07) is 12.3. The average Bonchev–Trinajstić information content (AvgIpc) is 2.29. The molecule has 88 valence electrons. The summed E-state index contributed by atoms with van der Waals surface area (Å²) >= 11 is 6.86. The Morgan fingerprint density at radius 3 is 2.59 bits per heavy atom. The van der Waals surface area contributed by atoms with Crippen LogP contribution in [0, 0.1) is 0 Å². The fourth-order valence-corrected chi connectivity index (χ4v) is 2.27. The number of hydrogen-bond donors (Lipinski definition) is 0. The quantitative estimate of drug-likeness (QED) is 0.818. The highest BCUT2D eigenvalue weighted by atomic mass is 79.9. The molecule has 1 heterocycles. The van der Waals surface area contributed by atoms with Crippen LogP contribution in [0.25, 0.3) is 0 Å². The van der Waals surface area contributed by atoms with E-state index in [1.54, 1.807) is 0 Å². The lowest BCUT2D eigenvalue weighted by molar-refractivity contribution is 0.896. The Morgan fingerprint density at radius 2 is 1.94 bits per heavy atom. The van der Waals surface area contributed by atoms with E-state index in [-0.39, 0.29) is 0 Å². The first-order valence-electron chi connectivity index (χ1n) is 5.22. The zero-order valence-electron chi connectivity index (χ0n) is 9.40. The molecule has 0 radical (unpaired) electrons. The van der Waals surface area contributed by atoms with Crippen LogP contribution in [-0.2, 0) is 6.54 Å². The van der Waals surface area contributed by atoms with Crippen LogP contribution in [0.5, 0.6) is 0 Å². The van der Waals surface area contributed by atoms with Gasteiger partial charge in [-0.3, -0.25) is 0 Å². The molecule has 2 nitrogen and oxygen atoms in total. The molecule has 4 heteroatoms. The van der Waals surface area contributed by atoms with E-state index in [1.807, 2.05) is 37.5 Å². The van der Waals surface area contributed by atoms with Crippen molar-refractivity contribution in [1.82, 2.24) is 4.98 Å². The number of halogens is 2. The number of pyridine rings is 1. The van der Waals surface area contributed by atoms with Crippen molar-refractivity contribution in [2.45, 2.75) is 6.54 Å². The Kier molecular flexibility index (Phi) is 4.18. The molecule has 0 aliphatic carbocycles. The van der Waals surface area contributed by atoms with Gasteiger partial charge in [0.25, 0.3) is 0 Å². The smallest absolute Gasteiger partial charge is 0.128 e. The van der Waals surface area contributed by atoms with E-state index < -0.39 is 0 Å². The summed E-state index contributed by atoms with van der Waals surface area (Å²) < 4.78 is 2.10. The summed E-state index contributed by atoms with van der Waals surface area (Å²) in [5.74, 6) is 0.966. The monoisotopic (exact) mass is 354 g/mol. The molecule has 1 aromatic heterocycles. The van der Waals surface area contributed by atoms with Crippen molar-refractivity contribution in [3.63, 3.8) is 0 Å². The summed E-state index contributed by atoms with van der Waals surface area (Å²) in [5.41, 5.74) is 1.26. The third-order valence-electron chi connectivity index (χ3n) is 2.41. The Bertz CT molecular complexity index is 497. The number of benzene rings is 1. The van der Waals surface area contributed by atoms with Gasteiger partial charge >= 0.3 is 0 Å². The first-order valence-corrected chi connectivity index (χ1v) is 6.81. The van der Waals surface area contributed by atoms with Crippen LogP contribution in [0.1, 0.15) is 5.56 Å². The highest BCUT2D eigenvalue weighted by molar-refractivity contribution is 9.10. The lowest BCUT2D eigenvalue weighted by Gasteiger charge is -2.18. The summed E-state index contributed by atoms with van der Waals surface area (Å²) in [6.45, 7) is 0.841. The molecule has 0 saturated heterocycles. The first kappa shape index (κ1) is 12.6. The number of rotatable bonds is 3.